The third-order valence-electron chi connectivity index (χ3n) is 2.64. The predicted octanol–water partition coefficient (Wildman–Crippen LogP) is 2.57. The van der Waals surface area contributed by atoms with Crippen LogP contribution in [0.15, 0.2) is 22.7 Å². The minimum absolute atomic E-state index is 0.339. The van der Waals surface area contributed by atoms with Crippen molar-refractivity contribution in [1.82, 2.24) is 0 Å². The van der Waals surface area contributed by atoms with Gasteiger partial charge in [0.05, 0.1) is 18.9 Å². The Morgan fingerprint density at radius 3 is 2.50 bits per heavy atom. The highest BCUT2D eigenvalue weighted by molar-refractivity contribution is 9.10. The number of methoxy groups -OCH3 is 1. The van der Waals surface area contributed by atoms with Gasteiger partial charge in [0.2, 0.25) is 0 Å². The number of carbonyl (C=O) groups is 2. The van der Waals surface area contributed by atoms with E-state index in [-0.39, 0.29) is 0 Å². The normalized spacial score (nSPS) is 13.8. The highest BCUT2D eigenvalue weighted by atomic mass is 79.9. The molecule has 1 aromatic rings. The van der Waals surface area contributed by atoms with Crippen LogP contribution in [0.5, 0.6) is 0 Å². The summed E-state index contributed by atoms with van der Waals surface area (Å²) in [6.45, 7) is 1.40. The molecule has 0 amide bonds. The molecule has 0 fully saturated rings. The zero-order valence-electron chi connectivity index (χ0n) is 9.81. The van der Waals surface area contributed by atoms with E-state index >= 15 is 0 Å². The van der Waals surface area contributed by atoms with Gasteiger partial charge in [-0.1, -0.05) is 28.9 Å². The van der Waals surface area contributed by atoms with Crippen molar-refractivity contribution in [1.29, 1.82) is 0 Å². The molecule has 0 bridgehead atoms. The van der Waals surface area contributed by atoms with Crippen LogP contribution in [0.2, 0.25) is 0 Å². The number of rotatable bonds is 4. The molecule has 0 saturated carbocycles. The number of aliphatic carboxylic acids is 1. The number of halogens is 2. The van der Waals surface area contributed by atoms with Gasteiger partial charge in [-0.3, -0.25) is 9.59 Å². The molecule has 0 spiro atoms. The lowest BCUT2D eigenvalue weighted by Crippen LogP contribution is -2.27. The molecule has 0 aliphatic heterocycles. The molecule has 6 heteroatoms. The van der Waals surface area contributed by atoms with Crippen LogP contribution < -0.4 is 0 Å². The summed E-state index contributed by atoms with van der Waals surface area (Å²) < 4.78 is 17.9. The first-order valence-corrected chi connectivity index (χ1v) is 5.93. The van der Waals surface area contributed by atoms with Crippen LogP contribution >= 0.6 is 15.9 Å². The SMILES string of the molecule is COC(=O)C(c1ccc(F)cc1Br)C(C)C(=O)O. The lowest BCUT2D eigenvalue weighted by Gasteiger charge is -2.20. The first-order chi connectivity index (χ1) is 8.38. The Balaban J connectivity index is 3.25. The lowest BCUT2D eigenvalue weighted by atomic mass is 9.87. The molecule has 0 aromatic heterocycles. The maximum absolute atomic E-state index is 13.0. The maximum Gasteiger partial charge on any atom is 0.314 e. The first kappa shape index (κ1) is 14.6. The van der Waals surface area contributed by atoms with Gasteiger partial charge in [0, 0.05) is 4.47 Å². The number of benzene rings is 1. The second-order valence-electron chi connectivity index (χ2n) is 3.79. The third kappa shape index (κ3) is 3.07. The number of carboxylic acid groups (broad SMARTS) is 1. The van der Waals surface area contributed by atoms with Gasteiger partial charge in [-0.2, -0.15) is 0 Å². The van der Waals surface area contributed by atoms with Crippen molar-refractivity contribution in [3.8, 4) is 0 Å². The zero-order chi connectivity index (χ0) is 13.9. The average Bonchev–Trinajstić information content (AvgIpc) is 2.31. The molecular weight excluding hydrogens is 307 g/mol. The van der Waals surface area contributed by atoms with Crippen molar-refractivity contribution in [3.63, 3.8) is 0 Å². The van der Waals surface area contributed by atoms with Gasteiger partial charge >= 0.3 is 11.9 Å². The zero-order valence-corrected chi connectivity index (χ0v) is 11.4. The van der Waals surface area contributed by atoms with Crippen molar-refractivity contribution in [2.75, 3.05) is 7.11 Å². The second kappa shape index (κ2) is 5.95. The number of esters is 1. The van der Waals surface area contributed by atoms with Gasteiger partial charge in [-0.25, -0.2) is 4.39 Å². The molecule has 0 aliphatic rings. The van der Waals surface area contributed by atoms with E-state index in [2.05, 4.69) is 20.7 Å². The van der Waals surface area contributed by atoms with Gasteiger partial charge in [-0.15, -0.1) is 0 Å². The van der Waals surface area contributed by atoms with Gasteiger partial charge in [0.25, 0.3) is 0 Å². The summed E-state index contributed by atoms with van der Waals surface area (Å²) >= 11 is 3.12. The van der Waals surface area contributed by atoms with E-state index < -0.39 is 29.6 Å². The van der Waals surface area contributed by atoms with Crippen LogP contribution in [0.3, 0.4) is 0 Å². The molecular formula is C12H12BrFO4. The quantitative estimate of drug-likeness (QED) is 0.867. The Labute approximate surface area is 112 Å². The summed E-state index contributed by atoms with van der Waals surface area (Å²) in [5, 5.41) is 9.01. The fourth-order valence-electron chi connectivity index (χ4n) is 1.62. The van der Waals surface area contributed by atoms with Crippen LogP contribution in [0.25, 0.3) is 0 Å². The molecule has 0 radical (unpaired) electrons. The summed E-state index contributed by atoms with van der Waals surface area (Å²) in [5.74, 6) is -4.22. The summed E-state index contributed by atoms with van der Waals surface area (Å²) in [7, 11) is 1.18. The van der Waals surface area contributed by atoms with Crippen LogP contribution in [0, 0.1) is 11.7 Å². The van der Waals surface area contributed by atoms with Crippen LogP contribution in [-0.4, -0.2) is 24.2 Å². The number of hydrogen-bond donors (Lipinski definition) is 1. The summed E-state index contributed by atoms with van der Waals surface area (Å²) in [5.41, 5.74) is 0.387. The standard InChI is InChI=1S/C12H12BrFO4/c1-6(11(15)16)10(12(17)18-2)8-4-3-7(14)5-9(8)13/h3-6,10H,1-2H3,(H,15,16). The summed E-state index contributed by atoms with van der Waals surface area (Å²) in [6, 6.07) is 3.73. The topological polar surface area (TPSA) is 63.6 Å². The Bertz CT molecular complexity index is 475. The summed E-state index contributed by atoms with van der Waals surface area (Å²) in [6.07, 6.45) is 0. The van der Waals surface area contributed by atoms with E-state index in [4.69, 9.17) is 5.11 Å². The Kier molecular flexibility index (Phi) is 4.84. The number of carbonyl (C=O) groups excluding carboxylic acids is 1. The van der Waals surface area contributed by atoms with Crippen LogP contribution in [-0.2, 0) is 14.3 Å². The highest BCUT2D eigenvalue weighted by Gasteiger charge is 2.33. The highest BCUT2D eigenvalue weighted by Crippen LogP contribution is 2.32. The second-order valence-corrected chi connectivity index (χ2v) is 4.65. The molecule has 2 atom stereocenters. The van der Waals surface area contributed by atoms with Crippen molar-refractivity contribution in [2.45, 2.75) is 12.8 Å². The van der Waals surface area contributed by atoms with Gasteiger partial charge in [0.15, 0.2) is 0 Å². The van der Waals surface area contributed by atoms with E-state index in [0.29, 0.717) is 10.0 Å². The molecule has 0 saturated heterocycles. The Hall–Kier alpha value is -1.43. The van der Waals surface area contributed by atoms with E-state index in [0.717, 1.165) is 0 Å². The first-order valence-electron chi connectivity index (χ1n) is 5.14. The minimum atomic E-state index is -1.12. The number of ether oxygens (including phenoxy) is 1. The molecule has 18 heavy (non-hydrogen) atoms. The molecule has 1 rings (SSSR count). The lowest BCUT2D eigenvalue weighted by molar-refractivity contribution is -0.151. The molecule has 2 unspecified atom stereocenters. The molecule has 4 nitrogen and oxygen atoms in total. The molecule has 98 valence electrons. The monoisotopic (exact) mass is 318 g/mol. The third-order valence-corrected chi connectivity index (χ3v) is 3.33. The van der Waals surface area contributed by atoms with Crippen LogP contribution in [0.4, 0.5) is 4.39 Å². The Morgan fingerprint density at radius 2 is 2.06 bits per heavy atom. The van der Waals surface area contributed by atoms with E-state index in [9.17, 15) is 14.0 Å². The smallest absolute Gasteiger partial charge is 0.314 e. The maximum atomic E-state index is 13.0. The van der Waals surface area contributed by atoms with Crippen molar-refractivity contribution in [2.24, 2.45) is 5.92 Å². The largest absolute Gasteiger partial charge is 0.481 e. The molecule has 0 aliphatic carbocycles. The van der Waals surface area contributed by atoms with E-state index in [1.54, 1.807) is 0 Å². The van der Waals surface area contributed by atoms with Gasteiger partial charge in [0.1, 0.15) is 5.82 Å². The van der Waals surface area contributed by atoms with E-state index in [1.807, 2.05) is 0 Å². The number of carboxylic acids is 1. The van der Waals surface area contributed by atoms with Gasteiger partial charge in [-0.05, 0) is 17.7 Å². The van der Waals surface area contributed by atoms with Gasteiger partial charge < -0.3 is 9.84 Å². The minimum Gasteiger partial charge on any atom is -0.481 e. The fraction of sp³-hybridized carbons (Fsp3) is 0.333. The van der Waals surface area contributed by atoms with E-state index in [1.165, 1.54) is 32.2 Å². The molecule has 1 aromatic carbocycles. The fourth-order valence-corrected chi connectivity index (χ4v) is 2.22. The Morgan fingerprint density at radius 1 is 1.44 bits per heavy atom. The van der Waals surface area contributed by atoms with Crippen LogP contribution in [0.1, 0.15) is 18.4 Å². The molecule has 0 heterocycles. The summed E-state index contributed by atoms with van der Waals surface area (Å²) in [4.78, 5) is 22.7. The molecule has 1 N–H and O–H groups in total. The van der Waals surface area contributed by atoms with Crippen molar-refractivity contribution < 1.29 is 23.8 Å². The number of hydrogen-bond acceptors (Lipinski definition) is 3. The predicted molar refractivity (Wildman–Crippen MR) is 65.7 cm³/mol. The average molecular weight is 319 g/mol. The van der Waals surface area contributed by atoms with Crippen molar-refractivity contribution in [3.05, 3.63) is 34.1 Å². The van der Waals surface area contributed by atoms with Crippen molar-refractivity contribution >= 4 is 27.9 Å².